The topological polar surface area (TPSA) is 84.5 Å². The molecule has 1 fully saturated rings. The zero-order valence-corrected chi connectivity index (χ0v) is 16.2. The molecule has 3 rings (SSSR count). The van der Waals surface area contributed by atoms with Crippen LogP contribution >= 0.6 is 0 Å². The van der Waals surface area contributed by atoms with Crippen LogP contribution < -0.4 is 10.6 Å². The molecule has 0 atom stereocenters. The summed E-state index contributed by atoms with van der Waals surface area (Å²) < 4.78 is 18.7. The molecule has 2 aromatic rings. The van der Waals surface area contributed by atoms with E-state index in [1.165, 1.54) is 25.3 Å². The van der Waals surface area contributed by atoms with Gasteiger partial charge < -0.3 is 15.4 Å². The lowest BCUT2D eigenvalue weighted by atomic mass is 9.88. The molecular formula is C22H23FN2O4. The van der Waals surface area contributed by atoms with Crippen LogP contribution in [0.5, 0.6) is 0 Å². The number of benzene rings is 2. The third-order valence-corrected chi connectivity index (χ3v) is 5.00. The third-order valence-electron chi connectivity index (χ3n) is 5.00. The first kappa shape index (κ1) is 20.5. The fourth-order valence-electron chi connectivity index (χ4n) is 3.41. The normalized spacial score (nSPS) is 14.1. The summed E-state index contributed by atoms with van der Waals surface area (Å²) in [6, 6.07) is 10.0. The molecule has 0 unspecified atom stereocenters. The van der Waals surface area contributed by atoms with Crippen molar-refractivity contribution in [2.45, 2.75) is 32.1 Å². The van der Waals surface area contributed by atoms with Crippen molar-refractivity contribution in [3.05, 3.63) is 59.4 Å². The monoisotopic (exact) mass is 398 g/mol. The van der Waals surface area contributed by atoms with Crippen LogP contribution in [0.4, 0.5) is 15.8 Å². The Balaban J connectivity index is 1.71. The second-order valence-electron chi connectivity index (χ2n) is 7.05. The van der Waals surface area contributed by atoms with Crippen molar-refractivity contribution in [3.8, 4) is 0 Å². The van der Waals surface area contributed by atoms with E-state index in [1.54, 1.807) is 18.2 Å². The Labute approximate surface area is 168 Å². The quantitative estimate of drug-likeness (QED) is 0.732. The lowest BCUT2D eigenvalue weighted by Crippen LogP contribution is -2.24. The van der Waals surface area contributed by atoms with Gasteiger partial charge in [-0.2, -0.15) is 0 Å². The van der Waals surface area contributed by atoms with Crippen LogP contribution in [0, 0.1) is 11.7 Å². The molecular weight excluding hydrogens is 375 g/mol. The van der Waals surface area contributed by atoms with E-state index in [-0.39, 0.29) is 28.6 Å². The number of carbonyl (C=O) groups excluding carboxylic acids is 3. The number of carbonyl (C=O) groups is 3. The first-order valence-electron chi connectivity index (χ1n) is 9.58. The van der Waals surface area contributed by atoms with Crippen molar-refractivity contribution in [3.63, 3.8) is 0 Å². The molecule has 1 aliphatic rings. The first-order chi connectivity index (χ1) is 14.0. The lowest BCUT2D eigenvalue weighted by molar-refractivity contribution is -0.120. The van der Waals surface area contributed by atoms with Gasteiger partial charge in [0.2, 0.25) is 5.91 Å². The van der Waals surface area contributed by atoms with E-state index >= 15 is 0 Å². The number of hydrogen-bond donors (Lipinski definition) is 2. The molecule has 0 bridgehead atoms. The molecule has 0 aliphatic heterocycles. The van der Waals surface area contributed by atoms with E-state index in [2.05, 4.69) is 15.4 Å². The van der Waals surface area contributed by atoms with Gasteiger partial charge in [0.15, 0.2) is 0 Å². The van der Waals surface area contributed by atoms with Gasteiger partial charge in [-0.1, -0.05) is 25.3 Å². The van der Waals surface area contributed by atoms with Crippen molar-refractivity contribution in [1.82, 2.24) is 0 Å². The van der Waals surface area contributed by atoms with Crippen LogP contribution in [0.3, 0.4) is 0 Å². The average Bonchev–Trinajstić information content (AvgIpc) is 2.75. The van der Waals surface area contributed by atoms with Crippen LogP contribution in [-0.2, 0) is 9.53 Å². The Morgan fingerprint density at radius 1 is 0.966 bits per heavy atom. The van der Waals surface area contributed by atoms with Gasteiger partial charge in [0.25, 0.3) is 5.91 Å². The number of nitrogens with one attached hydrogen (secondary N) is 2. The van der Waals surface area contributed by atoms with Gasteiger partial charge in [0.05, 0.1) is 18.4 Å². The van der Waals surface area contributed by atoms with Crippen LogP contribution in [0.25, 0.3) is 0 Å². The molecule has 1 saturated carbocycles. The third kappa shape index (κ3) is 5.19. The molecule has 152 valence electrons. The van der Waals surface area contributed by atoms with E-state index < -0.39 is 17.7 Å². The van der Waals surface area contributed by atoms with E-state index in [9.17, 15) is 18.8 Å². The fourth-order valence-corrected chi connectivity index (χ4v) is 3.41. The highest BCUT2D eigenvalue weighted by atomic mass is 19.1. The Kier molecular flexibility index (Phi) is 6.59. The van der Waals surface area contributed by atoms with Gasteiger partial charge in [0.1, 0.15) is 5.82 Å². The first-order valence-corrected chi connectivity index (χ1v) is 9.58. The Hall–Kier alpha value is -3.22. The predicted molar refractivity (Wildman–Crippen MR) is 107 cm³/mol. The highest BCUT2D eigenvalue weighted by Gasteiger charge is 2.21. The Morgan fingerprint density at radius 3 is 2.45 bits per heavy atom. The molecule has 2 N–H and O–H groups in total. The van der Waals surface area contributed by atoms with Crippen LogP contribution in [0.2, 0.25) is 0 Å². The molecule has 7 heteroatoms. The second kappa shape index (κ2) is 9.32. The lowest BCUT2D eigenvalue weighted by Gasteiger charge is -2.20. The second-order valence-corrected chi connectivity index (χ2v) is 7.05. The number of methoxy groups -OCH3 is 1. The Bertz CT molecular complexity index is 923. The zero-order valence-electron chi connectivity index (χ0n) is 16.2. The molecule has 6 nitrogen and oxygen atoms in total. The molecule has 0 heterocycles. The zero-order chi connectivity index (χ0) is 20.8. The summed E-state index contributed by atoms with van der Waals surface area (Å²) in [5.74, 6) is -1.91. The number of esters is 1. The van der Waals surface area contributed by atoms with Crippen LogP contribution in [0.1, 0.15) is 52.8 Å². The minimum Gasteiger partial charge on any atom is -0.465 e. The minimum atomic E-state index is -0.673. The summed E-state index contributed by atoms with van der Waals surface area (Å²) in [6.07, 6.45) is 5.02. The molecule has 0 saturated heterocycles. The van der Waals surface area contributed by atoms with Crippen LogP contribution in [-0.4, -0.2) is 24.9 Å². The summed E-state index contributed by atoms with van der Waals surface area (Å²) in [7, 11) is 1.22. The summed E-state index contributed by atoms with van der Waals surface area (Å²) in [6.45, 7) is 0. The average molecular weight is 398 g/mol. The summed E-state index contributed by atoms with van der Waals surface area (Å²) in [5.41, 5.74) is 0.763. The molecule has 1 aliphatic carbocycles. The number of amides is 2. The Morgan fingerprint density at radius 2 is 1.72 bits per heavy atom. The van der Waals surface area contributed by atoms with Crippen molar-refractivity contribution in [2.75, 3.05) is 17.7 Å². The van der Waals surface area contributed by atoms with Gasteiger partial charge in [-0.15, -0.1) is 0 Å². The molecule has 2 amide bonds. The molecule has 2 aromatic carbocycles. The van der Waals surface area contributed by atoms with Crippen molar-refractivity contribution < 1.29 is 23.5 Å². The number of rotatable bonds is 5. The number of halogens is 1. The van der Waals surface area contributed by atoms with Gasteiger partial charge in [-0.25, -0.2) is 9.18 Å². The summed E-state index contributed by atoms with van der Waals surface area (Å²) in [5, 5.41) is 5.31. The molecule has 29 heavy (non-hydrogen) atoms. The molecule has 0 radical (unpaired) electrons. The smallest absolute Gasteiger partial charge is 0.337 e. The fraction of sp³-hybridized carbons (Fsp3) is 0.318. The maximum atomic E-state index is 14.0. The highest BCUT2D eigenvalue weighted by molar-refractivity contribution is 6.06. The van der Waals surface area contributed by atoms with Crippen molar-refractivity contribution >= 4 is 29.2 Å². The standard InChI is InChI=1S/C22H23FN2O4/c1-29-22(28)16-10-11-18(23)19(13-16)25-21(27)15-8-5-9-17(12-15)24-20(26)14-6-3-2-4-7-14/h5,8-14H,2-4,6-7H2,1H3,(H,24,26)(H,25,27). The largest absolute Gasteiger partial charge is 0.465 e. The highest BCUT2D eigenvalue weighted by Crippen LogP contribution is 2.25. The molecule has 0 aromatic heterocycles. The number of anilines is 2. The van der Waals surface area contributed by atoms with Crippen LogP contribution in [0.15, 0.2) is 42.5 Å². The minimum absolute atomic E-state index is 0.00334. The van der Waals surface area contributed by atoms with Gasteiger partial charge >= 0.3 is 5.97 Å². The molecule has 0 spiro atoms. The van der Waals surface area contributed by atoms with E-state index in [0.29, 0.717) is 5.69 Å². The predicted octanol–water partition coefficient (Wildman–Crippen LogP) is 4.38. The van der Waals surface area contributed by atoms with Gasteiger partial charge in [-0.05, 0) is 49.2 Å². The summed E-state index contributed by atoms with van der Waals surface area (Å²) >= 11 is 0. The van der Waals surface area contributed by atoms with Gasteiger partial charge in [-0.3, -0.25) is 9.59 Å². The maximum Gasteiger partial charge on any atom is 0.337 e. The van der Waals surface area contributed by atoms with Gasteiger partial charge in [0, 0.05) is 17.2 Å². The SMILES string of the molecule is COC(=O)c1ccc(F)c(NC(=O)c2cccc(NC(=O)C3CCCCC3)c2)c1. The van der Waals surface area contributed by atoms with E-state index in [1.807, 2.05) is 0 Å². The van der Waals surface area contributed by atoms with Crippen molar-refractivity contribution in [1.29, 1.82) is 0 Å². The van der Waals surface area contributed by atoms with E-state index in [0.717, 1.165) is 38.2 Å². The number of hydrogen-bond acceptors (Lipinski definition) is 4. The van der Waals surface area contributed by atoms with E-state index in [4.69, 9.17) is 0 Å². The number of ether oxygens (including phenoxy) is 1. The van der Waals surface area contributed by atoms with Crippen molar-refractivity contribution in [2.24, 2.45) is 5.92 Å². The maximum absolute atomic E-state index is 14.0. The summed E-state index contributed by atoms with van der Waals surface area (Å²) in [4.78, 5) is 36.6.